The molecule has 0 saturated heterocycles. The van der Waals surface area contributed by atoms with Gasteiger partial charge in [0, 0.05) is 5.38 Å². The van der Waals surface area contributed by atoms with Gasteiger partial charge in [-0.25, -0.2) is 4.98 Å². The molecule has 2 rings (SSSR count). The van der Waals surface area contributed by atoms with E-state index >= 15 is 0 Å². The van der Waals surface area contributed by atoms with E-state index in [-0.39, 0.29) is 0 Å². The van der Waals surface area contributed by atoms with Gasteiger partial charge in [0.2, 0.25) is 0 Å². The summed E-state index contributed by atoms with van der Waals surface area (Å²) in [5, 5.41) is 19.6. The number of benzene rings is 1. The summed E-state index contributed by atoms with van der Waals surface area (Å²) in [7, 11) is 0. The van der Waals surface area contributed by atoms with Gasteiger partial charge in [-0.2, -0.15) is 10.5 Å². The molecule has 1 aromatic carbocycles. The maximum absolute atomic E-state index is 8.77. The van der Waals surface area contributed by atoms with Gasteiger partial charge in [0.1, 0.15) is 11.9 Å². The largest absolute Gasteiger partial charge is 0.431 e. The molecule has 2 aromatic rings. The highest BCUT2D eigenvalue weighted by atomic mass is 32.1. The van der Waals surface area contributed by atoms with Crippen LogP contribution in [0, 0.1) is 28.9 Å². The van der Waals surface area contributed by atoms with Gasteiger partial charge in [-0.1, -0.05) is 11.3 Å². The molecule has 0 fully saturated rings. The first-order valence-corrected chi connectivity index (χ1v) is 5.14. The molecule has 5 heteroatoms. The summed E-state index contributed by atoms with van der Waals surface area (Å²) >= 11 is 1.29. The molecular formula is C11H4N3OS. The minimum atomic E-state index is 0.384. The van der Waals surface area contributed by atoms with Crippen LogP contribution in [0.4, 0.5) is 0 Å². The third-order valence-electron chi connectivity index (χ3n) is 1.74. The number of thiazole rings is 1. The lowest BCUT2D eigenvalue weighted by Gasteiger charge is -2.02. The molecule has 0 aliphatic rings. The molecule has 0 atom stereocenters. The second-order valence-corrected chi connectivity index (χ2v) is 3.63. The molecule has 16 heavy (non-hydrogen) atoms. The fourth-order valence-corrected chi connectivity index (χ4v) is 1.57. The first kappa shape index (κ1) is 10.2. The predicted molar refractivity (Wildman–Crippen MR) is 56.9 cm³/mol. The zero-order chi connectivity index (χ0) is 11.4. The van der Waals surface area contributed by atoms with E-state index in [4.69, 9.17) is 15.3 Å². The lowest BCUT2D eigenvalue weighted by atomic mass is 10.1. The van der Waals surface area contributed by atoms with Crippen LogP contribution >= 0.6 is 11.3 Å². The molecule has 0 aliphatic heterocycles. The molecule has 0 saturated carbocycles. The van der Waals surface area contributed by atoms with Crippen LogP contribution in [-0.2, 0) is 0 Å². The first-order valence-electron chi connectivity index (χ1n) is 4.26. The van der Waals surface area contributed by atoms with E-state index < -0.39 is 0 Å². The molecule has 1 radical (unpaired) electrons. The fraction of sp³-hybridized carbons (Fsp3) is 0. The Morgan fingerprint density at radius 3 is 2.38 bits per heavy atom. The maximum Gasteiger partial charge on any atom is 0.279 e. The minimum Gasteiger partial charge on any atom is -0.431 e. The third-order valence-corrected chi connectivity index (χ3v) is 2.34. The summed E-state index contributed by atoms with van der Waals surface area (Å²) in [6.45, 7) is 0. The number of hydrogen-bond donors (Lipinski definition) is 0. The predicted octanol–water partition coefficient (Wildman–Crippen LogP) is 2.48. The van der Waals surface area contributed by atoms with Gasteiger partial charge < -0.3 is 4.74 Å². The Morgan fingerprint density at radius 2 is 1.88 bits per heavy atom. The molecule has 0 aliphatic carbocycles. The van der Waals surface area contributed by atoms with Crippen molar-refractivity contribution in [1.29, 1.82) is 10.5 Å². The Kier molecular flexibility index (Phi) is 2.81. The first-order chi connectivity index (χ1) is 7.81. The van der Waals surface area contributed by atoms with Crippen molar-refractivity contribution in [3.05, 3.63) is 40.9 Å². The molecule has 0 unspecified atom stereocenters. The quantitative estimate of drug-likeness (QED) is 0.788. The zero-order valence-corrected chi connectivity index (χ0v) is 8.78. The number of ether oxygens (including phenoxy) is 1. The van der Waals surface area contributed by atoms with Crippen molar-refractivity contribution in [3.8, 4) is 23.1 Å². The number of hydrogen-bond acceptors (Lipinski definition) is 5. The summed E-state index contributed by atoms with van der Waals surface area (Å²) in [4.78, 5) is 3.83. The lowest BCUT2D eigenvalue weighted by molar-refractivity contribution is 0.478. The van der Waals surface area contributed by atoms with E-state index in [1.54, 1.807) is 17.5 Å². The Labute approximate surface area is 96.0 Å². The molecule has 1 aromatic heterocycles. The van der Waals surface area contributed by atoms with E-state index in [1.807, 2.05) is 12.1 Å². The van der Waals surface area contributed by atoms with Gasteiger partial charge in [0.05, 0.1) is 23.3 Å². The number of rotatable bonds is 2. The molecule has 0 N–H and O–H groups in total. The Balaban J connectivity index is 2.35. The highest BCUT2D eigenvalue weighted by Crippen LogP contribution is 2.24. The van der Waals surface area contributed by atoms with Crippen LogP contribution in [0.5, 0.6) is 10.9 Å². The average molecular weight is 226 g/mol. The Hall–Kier alpha value is -2.37. The van der Waals surface area contributed by atoms with Gasteiger partial charge in [0.25, 0.3) is 5.19 Å². The van der Waals surface area contributed by atoms with Crippen LogP contribution in [-0.4, -0.2) is 4.98 Å². The summed E-state index contributed by atoms with van der Waals surface area (Å²) in [5.41, 5.74) is 0.768. The summed E-state index contributed by atoms with van der Waals surface area (Å²) < 4.78 is 5.38. The van der Waals surface area contributed by atoms with Crippen molar-refractivity contribution in [2.45, 2.75) is 0 Å². The van der Waals surface area contributed by atoms with Crippen molar-refractivity contribution in [2.24, 2.45) is 0 Å². The fourth-order valence-electron chi connectivity index (χ4n) is 1.12. The number of nitrogens with zero attached hydrogens (tertiary/aromatic N) is 3. The molecule has 4 nitrogen and oxygen atoms in total. The van der Waals surface area contributed by atoms with Crippen LogP contribution in [0.15, 0.2) is 23.6 Å². The van der Waals surface area contributed by atoms with E-state index in [1.165, 1.54) is 17.4 Å². The van der Waals surface area contributed by atoms with Crippen molar-refractivity contribution < 1.29 is 4.74 Å². The van der Waals surface area contributed by atoms with Crippen LogP contribution in [0.3, 0.4) is 0 Å². The van der Waals surface area contributed by atoms with E-state index in [0.717, 1.165) is 0 Å². The summed E-state index contributed by atoms with van der Waals surface area (Å²) in [5.74, 6) is 0.430. The van der Waals surface area contributed by atoms with Crippen LogP contribution in [0.25, 0.3) is 0 Å². The number of aromatic nitrogens is 1. The van der Waals surface area contributed by atoms with E-state index in [0.29, 0.717) is 22.1 Å². The standard InChI is InChI=1S/C11H4N3OS/c12-6-8-3-9(7-13)5-10(4-8)15-11-14-1-2-16-11/h2-5H. The minimum absolute atomic E-state index is 0.384. The molecule has 0 amide bonds. The van der Waals surface area contributed by atoms with Gasteiger partial charge in [-0.05, 0) is 18.2 Å². The topological polar surface area (TPSA) is 69.7 Å². The van der Waals surface area contributed by atoms with Crippen molar-refractivity contribution >= 4 is 11.3 Å². The highest BCUT2D eigenvalue weighted by molar-refractivity contribution is 7.11. The summed E-state index contributed by atoms with van der Waals surface area (Å²) in [6, 6.07) is 8.55. The average Bonchev–Trinajstić information content (AvgIpc) is 2.81. The molecule has 1 heterocycles. The monoisotopic (exact) mass is 226 g/mol. The second-order valence-electron chi connectivity index (χ2n) is 2.81. The molecular weight excluding hydrogens is 222 g/mol. The van der Waals surface area contributed by atoms with E-state index in [9.17, 15) is 0 Å². The zero-order valence-electron chi connectivity index (χ0n) is 7.97. The van der Waals surface area contributed by atoms with Gasteiger partial charge in [-0.15, -0.1) is 0 Å². The lowest BCUT2D eigenvalue weighted by Crippen LogP contribution is -1.86. The third kappa shape index (κ3) is 2.17. The SMILES string of the molecule is N#Cc1cc(C#N)cc(Oc2n[c]cs2)c1. The van der Waals surface area contributed by atoms with Gasteiger partial charge in [-0.3, -0.25) is 0 Å². The van der Waals surface area contributed by atoms with Crippen molar-refractivity contribution in [3.63, 3.8) is 0 Å². The van der Waals surface area contributed by atoms with Gasteiger partial charge in [0.15, 0.2) is 0 Å². The normalized spacial score (nSPS) is 9.12. The summed E-state index contributed by atoms with van der Waals surface area (Å²) in [6.07, 6.45) is 2.62. The molecule has 75 valence electrons. The van der Waals surface area contributed by atoms with Gasteiger partial charge >= 0.3 is 0 Å². The molecule has 0 bridgehead atoms. The Bertz CT molecular complexity index is 546. The van der Waals surface area contributed by atoms with Crippen molar-refractivity contribution in [1.82, 2.24) is 4.98 Å². The maximum atomic E-state index is 8.77. The Morgan fingerprint density at radius 1 is 1.19 bits per heavy atom. The van der Waals surface area contributed by atoms with Crippen LogP contribution < -0.4 is 4.74 Å². The number of nitriles is 2. The molecule has 0 spiro atoms. The smallest absolute Gasteiger partial charge is 0.279 e. The van der Waals surface area contributed by atoms with Crippen LogP contribution in [0.1, 0.15) is 11.1 Å². The second kappa shape index (κ2) is 4.43. The van der Waals surface area contributed by atoms with Crippen molar-refractivity contribution in [2.75, 3.05) is 0 Å². The van der Waals surface area contributed by atoms with Crippen LogP contribution in [0.2, 0.25) is 0 Å². The van der Waals surface area contributed by atoms with E-state index in [2.05, 4.69) is 11.2 Å². The highest BCUT2D eigenvalue weighted by Gasteiger charge is 2.04.